The fourth-order valence-electron chi connectivity index (χ4n) is 4.90. The highest BCUT2D eigenvalue weighted by molar-refractivity contribution is 5.43. The molecule has 0 spiro atoms. The molecule has 0 amide bonds. The van der Waals surface area contributed by atoms with E-state index < -0.39 is 6.10 Å². The molecule has 1 heterocycles. The van der Waals surface area contributed by atoms with Crippen LogP contribution in [0, 0.1) is 0 Å². The van der Waals surface area contributed by atoms with Crippen LogP contribution < -0.4 is 14.2 Å². The third-order valence-electron chi connectivity index (χ3n) is 8.04. The van der Waals surface area contributed by atoms with E-state index in [0.717, 1.165) is 29.0 Å². The van der Waals surface area contributed by atoms with Crippen molar-refractivity contribution in [2.75, 3.05) is 26.4 Å². The van der Waals surface area contributed by atoms with E-state index in [2.05, 4.69) is 52.0 Å². The first kappa shape index (κ1) is 29.5. The van der Waals surface area contributed by atoms with E-state index >= 15 is 0 Å². The van der Waals surface area contributed by atoms with Crippen molar-refractivity contribution in [1.82, 2.24) is 0 Å². The second kappa shape index (κ2) is 12.5. The number of ether oxygens (including phenoxy) is 4. The zero-order chi connectivity index (χ0) is 29.7. The van der Waals surface area contributed by atoms with Crippen LogP contribution in [0.15, 0.2) is 97.1 Å². The molecule has 4 aromatic rings. The summed E-state index contributed by atoms with van der Waals surface area (Å²) in [4.78, 5) is 0. The highest BCUT2D eigenvalue weighted by Crippen LogP contribution is 2.34. The van der Waals surface area contributed by atoms with Crippen LogP contribution in [0.1, 0.15) is 49.9 Å². The normalized spacial score (nSPS) is 15.6. The van der Waals surface area contributed by atoms with E-state index in [1.54, 1.807) is 12.1 Å². The van der Waals surface area contributed by atoms with Gasteiger partial charge in [0, 0.05) is 10.8 Å². The molecule has 5 rings (SSSR count). The van der Waals surface area contributed by atoms with Gasteiger partial charge in [0.15, 0.2) is 0 Å². The molecule has 0 aliphatic carbocycles. The second-order valence-corrected chi connectivity index (χ2v) is 11.9. The smallest absolute Gasteiger partial charge is 0.122 e. The Labute approximate surface area is 248 Å². The molecule has 1 saturated heterocycles. The lowest BCUT2D eigenvalue weighted by atomic mass is 9.78. The van der Waals surface area contributed by atoms with Crippen molar-refractivity contribution in [3.63, 3.8) is 0 Å². The number of aliphatic hydroxyl groups excluding tert-OH is 1. The first-order valence-corrected chi connectivity index (χ1v) is 14.4. The predicted molar refractivity (Wildman–Crippen MR) is 164 cm³/mol. The van der Waals surface area contributed by atoms with Gasteiger partial charge in [0.25, 0.3) is 0 Å². The molecule has 42 heavy (non-hydrogen) atoms. The lowest BCUT2D eigenvalue weighted by Crippen LogP contribution is -2.25. The third kappa shape index (κ3) is 7.25. The lowest BCUT2D eigenvalue weighted by molar-refractivity contribution is 0.0626. The van der Waals surface area contributed by atoms with E-state index in [1.165, 1.54) is 5.56 Å². The Kier molecular flexibility index (Phi) is 8.76. The number of hydrogen-bond acceptors (Lipinski definition) is 6. The fraction of sp³-hybridized carbons (Fsp3) is 0.333. The number of aromatic hydroxyl groups is 1. The van der Waals surface area contributed by atoms with E-state index in [-0.39, 0.29) is 35.9 Å². The first-order chi connectivity index (χ1) is 20.1. The fourth-order valence-corrected chi connectivity index (χ4v) is 4.90. The molecule has 0 saturated carbocycles. The summed E-state index contributed by atoms with van der Waals surface area (Å²) in [5.74, 6) is 2.48. The molecule has 220 valence electrons. The quantitative estimate of drug-likeness (QED) is 0.176. The third-order valence-corrected chi connectivity index (χ3v) is 8.04. The Morgan fingerprint density at radius 1 is 0.619 bits per heavy atom. The molecular weight excluding hydrogens is 528 g/mol. The van der Waals surface area contributed by atoms with Crippen LogP contribution in [0.4, 0.5) is 0 Å². The Morgan fingerprint density at radius 2 is 0.952 bits per heavy atom. The van der Waals surface area contributed by atoms with Crippen molar-refractivity contribution in [3.05, 3.63) is 119 Å². The van der Waals surface area contributed by atoms with Crippen LogP contribution in [0.2, 0.25) is 0 Å². The van der Waals surface area contributed by atoms with Gasteiger partial charge in [0.2, 0.25) is 0 Å². The molecule has 0 bridgehead atoms. The largest absolute Gasteiger partial charge is 0.508 e. The maximum absolute atomic E-state index is 10.5. The number of benzene rings is 4. The minimum absolute atomic E-state index is 0.124. The molecule has 0 radical (unpaired) electrons. The maximum Gasteiger partial charge on any atom is 0.122 e. The molecule has 6 nitrogen and oxygen atoms in total. The number of aliphatic hydroxyl groups is 1. The van der Waals surface area contributed by atoms with Gasteiger partial charge in [-0.15, -0.1) is 0 Å². The van der Waals surface area contributed by atoms with E-state index in [1.807, 2.05) is 60.7 Å². The van der Waals surface area contributed by atoms with E-state index in [0.29, 0.717) is 18.1 Å². The summed E-state index contributed by atoms with van der Waals surface area (Å²) in [6.45, 7) is 10.3. The predicted octanol–water partition coefficient (Wildman–Crippen LogP) is 6.64. The Bertz CT molecular complexity index is 1420. The maximum atomic E-state index is 10.5. The van der Waals surface area contributed by atoms with Crippen LogP contribution in [-0.4, -0.2) is 48.8 Å². The number of hydrogen-bond donors (Lipinski definition) is 2. The first-order valence-electron chi connectivity index (χ1n) is 14.4. The van der Waals surface area contributed by atoms with Gasteiger partial charge < -0.3 is 29.2 Å². The lowest BCUT2D eigenvalue weighted by Gasteiger charge is -2.26. The van der Waals surface area contributed by atoms with Crippen LogP contribution in [0.5, 0.6) is 23.0 Å². The van der Waals surface area contributed by atoms with Crippen LogP contribution in [0.3, 0.4) is 0 Å². The number of epoxide rings is 1. The van der Waals surface area contributed by atoms with Gasteiger partial charge >= 0.3 is 0 Å². The molecule has 4 aromatic carbocycles. The Balaban J connectivity index is 1.09. The highest BCUT2D eigenvalue weighted by atomic mass is 16.6. The average Bonchev–Trinajstić information content (AvgIpc) is 3.83. The molecule has 2 N–H and O–H groups in total. The van der Waals surface area contributed by atoms with Gasteiger partial charge in [0.05, 0.1) is 6.61 Å². The van der Waals surface area contributed by atoms with Crippen molar-refractivity contribution in [1.29, 1.82) is 0 Å². The summed E-state index contributed by atoms with van der Waals surface area (Å²) in [7, 11) is 0. The van der Waals surface area contributed by atoms with Gasteiger partial charge in [-0.2, -0.15) is 0 Å². The van der Waals surface area contributed by atoms with Crippen LogP contribution >= 0.6 is 0 Å². The van der Waals surface area contributed by atoms with Gasteiger partial charge in [-0.25, -0.2) is 0 Å². The van der Waals surface area contributed by atoms with Crippen molar-refractivity contribution >= 4 is 0 Å². The summed E-state index contributed by atoms with van der Waals surface area (Å²) in [5, 5.41) is 20.1. The highest BCUT2D eigenvalue weighted by Gasteiger charge is 2.25. The molecule has 0 aromatic heterocycles. The minimum Gasteiger partial charge on any atom is -0.508 e. The SMILES string of the molecule is CC(C)(c1ccc(O)cc1)c1ccc(OCC(O)COc2ccc(C(C)(C)c3ccc(OCC4CO4)cc3)cc2)cc1. The molecule has 1 aliphatic rings. The number of phenolic OH excluding ortho intramolecular Hbond substituents is 1. The number of rotatable bonds is 13. The summed E-state index contributed by atoms with van der Waals surface area (Å²) >= 11 is 0. The minimum atomic E-state index is -0.776. The molecule has 2 unspecified atom stereocenters. The van der Waals surface area contributed by atoms with Gasteiger partial charge in [-0.3, -0.25) is 0 Å². The van der Waals surface area contributed by atoms with Crippen molar-refractivity contribution in [2.24, 2.45) is 0 Å². The Hall–Kier alpha value is -4.00. The van der Waals surface area contributed by atoms with Crippen LogP contribution in [-0.2, 0) is 15.6 Å². The Morgan fingerprint density at radius 3 is 1.31 bits per heavy atom. The molecule has 6 heteroatoms. The van der Waals surface area contributed by atoms with Gasteiger partial charge in [-0.05, 0) is 70.8 Å². The molecule has 1 fully saturated rings. The zero-order valence-electron chi connectivity index (χ0n) is 24.7. The molecule has 2 atom stereocenters. The summed E-state index contributed by atoms with van der Waals surface area (Å²) < 4.78 is 22.6. The summed E-state index contributed by atoms with van der Waals surface area (Å²) in [6.07, 6.45) is -0.536. The van der Waals surface area contributed by atoms with Crippen molar-refractivity contribution in [3.8, 4) is 23.0 Å². The van der Waals surface area contributed by atoms with Gasteiger partial charge in [-0.1, -0.05) is 76.2 Å². The van der Waals surface area contributed by atoms with Crippen LogP contribution in [0.25, 0.3) is 0 Å². The summed E-state index contributed by atoms with van der Waals surface area (Å²) in [5.41, 5.74) is 4.17. The van der Waals surface area contributed by atoms with Gasteiger partial charge in [0.1, 0.15) is 55.0 Å². The monoisotopic (exact) mass is 568 g/mol. The molecular formula is C36H40O6. The van der Waals surface area contributed by atoms with Crippen molar-refractivity contribution < 1.29 is 29.2 Å². The second-order valence-electron chi connectivity index (χ2n) is 11.9. The number of phenols is 1. The average molecular weight is 569 g/mol. The van der Waals surface area contributed by atoms with Crippen molar-refractivity contribution in [2.45, 2.75) is 50.7 Å². The standard InChI is InChI=1S/C36H40O6/c1-35(2,25-5-13-29(37)14-6-25)26-7-15-31(16-8-26)39-21-30(38)22-40-32-17-9-27(10-18-32)36(3,4)28-11-19-33(20-12-28)41-23-34-24-42-34/h5-20,30,34,37-38H,21-24H2,1-4H3. The topological polar surface area (TPSA) is 80.7 Å². The molecule has 1 aliphatic heterocycles. The summed E-state index contributed by atoms with van der Waals surface area (Å²) in [6, 6.07) is 31.4. The van der Waals surface area contributed by atoms with E-state index in [9.17, 15) is 10.2 Å². The van der Waals surface area contributed by atoms with E-state index in [4.69, 9.17) is 18.9 Å². The zero-order valence-corrected chi connectivity index (χ0v) is 24.7.